The van der Waals surface area contributed by atoms with Crippen molar-refractivity contribution in [3.63, 3.8) is 0 Å². The maximum atomic E-state index is 2.71. The van der Waals surface area contributed by atoms with Crippen molar-refractivity contribution in [2.45, 2.75) is 228 Å². The van der Waals surface area contributed by atoms with Gasteiger partial charge in [-0.05, 0) is 0 Å². The summed E-state index contributed by atoms with van der Waals surface area (Å²) in [6.45, 7) is 41.0. The number of benzene rings is 4. The molecule has 61 heavy (non-hydrogen) atoms. The SMILES string of the molecule is CCc1cccc([C](CC)(CC)[Ti]([C](CC)(CC)c2cccc(CC)c2CC)([C](CC)(CC)c2cccc(CC)c2CC)[C](CC)(CC)c2cccc(CC)c2CC)c1CC. The summed E-state index contributed by atoms with van der Waals surface area (Å²) in [6, 6.07) is 30.8. The predicted octanol–water partition coefficient (Wildman–Crippen LogP) is 17.5. The number of rotatable bonds is 24. The topological polar surface area (TPSA) is 0 Å². The zero-order valence-corrected chi connectivity index (χ0v) is 44.3. The molecule has 0 saturated carbocycles. The van der Waals surface area contributed by atoms with Gasteiger partial charge in [0.1, 0.15) is 0 Å². The van der Waals surface area contributed by atoms with Crippen molar-refractivity contribution >= 4 is 0 Å². The second-order valence-electron chi connectivity index (χ2n) is 18.5. The summed E-state index contributed by atoms with van der Waals surface area (Å²) in [5.74, 6) is 0. The van der Waals surface area contributed by atoms with E-state index >= 15 is 0 Å². The van der Waals surface area contributed by atoms with Crippen molar-refractivity contribution in [1.82, 2.24) is 0 Å². The number of hydrogen-bond donors (Lipinski definition) is 0. The molecule has 0 N–H and O–H groups in total. The normalized spacial score (nSPS) is 13.0. The van der Waals surface area contributed by atoms with E-state index in [1.54, 1.807) is 66.8 Å². The molecule has 0 bridgehead atoms. The Hall–Kier alpha value is -2.41. The summed E-state index contributed by atoms with van der Waals surface area (Å²) in [7, 11) is 0. The molecular formula is C60H92Ti. The average Bonchev–Trinajstić information content (AvgIpc) is 3.32. The van der Waals surface area contributed by atoms with Gasteiger partial charge in [0.2, 0.25) is 0 Å². The van der Waals surface area contributed by atoms with E-state index in [4.69, 9.17) is 0 Å². The van der Waals surface area contributed by atoms with Crippen LogP contribution in [0.15, 0.2) is 72.8 Å². The Morgan fingerprint density at radius 3 is 0.574 bits per heavy atom. The van der Waals surface area contributed by atoms with Crippen molar-refractivity contribution in [3.05, 3.63) is 140 Å². The molecule has 0 aliphatic heterocycles. The van der Waals surface area contributed by atoms with Gasteiger partial charge in [-0.15, -0.1) is 0 Å². The Bertz CT molecular complexity index is 1700. The molecule has 0 fully saturated rings. The molecule has 4 rings (SSSR count). The van der Waals surface area contributed by atoms with E-state index in [0.717, 1.165) is 51.4 Å². The Morgan fingerprint density at radius 2 is 0.443 bits per heavy atom. The van der Waals surface area contributed by atoms with Gasteiger partial charge in [0.15, 0.2) is 0 Å². The predicted molar refractivity (Wildman–Crippen MR) is 270 cm³/mol. The minimum absolute atomic E-state index is 0.0196. The molecular weight excluding hydrogens is 769 g/mol. The zero-order chi connectivity index (χ0) is 45.2. The standard InChI is InChI=1S/4C15H23.Ti/c4*1-5-12(6-2)15-11-9-10-13(7-3)14(15)8-4;/h4*9-11H,5-8H2,1-4H3;. The van der Waals surface area contributed by atoms with Gasteiger partial charge in [0.25, 0.3) is 0 Å². The van der Waals surface area contributed by atoms with E-state index in [1.807, 2.05) is 0 Å². The van der Waals surface area contributed by atoms with Crippen LogP contribution in [0.2, 0.25) is 0 Å². The fraction of sp³-hybridized carbons (Fsp3) is 0.600. The number of hydrogen-bond acceptors (Lipinski definition) is 0. The van der Waals surface area contributed by atoms with Crippen molar-refractivity contribution in [2.24, 2.45) is 0 Å². The third-order valence-electron chi connectivity index (χ3n) is 17.8. The molecule has 4 aromatic rings. The fourth-order valence-corrected chi connectivity index (χ4v) is 34.7. The Labute approximate surface area is 382 Å². The van der Waals surface area contributed by atoms with Crippen LogP contribution in [0.3, 0.4) is 0 Å². The molecule has 0 atom stereocenters. The molecule has 0 spiro atoms. The van der Waals surface area contributed by atoms with Crippen LogP contribution in [0, 0.1) is 0 Å². The van der Waals surface area contributed by atoms with E-state index in [1.165, 1.54) is 51.4 Å². The van der Waals surface area contributed by atoms with Crippen LogP contribution in [0.25, 0.3) is 0 Å². The van der Waals surface area contributed by atoms with Crippen LogP contribution in [0.4, 0.5) is 0 Å². The third kappa shape index (κ3) is 7.55. The van der Waals surface area contributed by atoms with Crippen molar-refractivity contribution in [1.29, 1.82) is 0 Å². The van der Waals surface area contributed by atoms with Gasteiger partial charge in [-0.25, -0.2) is 0 Å². The maximum absolute atomic E-state index is 4.23. The monoisotopic (exact) mass is 861 g/mol. The summed E-state index contributed by atoms with van der Waals surface area (Å²) in [5.41, 5.74) is 19.9. The van der Waals surface area contributed by atoms with Gasteiger partial charge in [0, 0.05) is 0 Å². The molecule has 0 saturated heterocycles. The summed E-state index contributed by atoms with van der Waals surface area (Å²) in [5, 5.41) is 0. The van der Waals surface area contributed by atoms with E-state index in [0.29, 0.717) is 0 Å². The van der Waals surface area contributed by atoms with E-state index in [9.17, 15) is 0 Å². The number of aryl methyl sites for hydroxylation is 4. The van der Waals surface area contributed by atoms with Crippen LogP contribution < -0.4 is 0 Å². The van der Waals surface area contributed by atoms with Gasteiger partial charge in [-0.3, -0.25) is 0 Å². The molecule has 0 aliphatic carbocycles. The zero-order valence-electron chi connectivity index (χ0n) is 42.7. The molecule has 336 valence electrons. The van der Waals surface area contributed by atoms with Crippen LogP contribution in [-0.2, 0) is 82.8 Å². The third-order valence-corrected chi connectivity index (χ3v) is 32.9. The van der Waals surface area contributed by atoms with Crippen LogP contribution in [-0.4, -0.2) is 0 Å². The molecule has 0 aromatic heterocycles. The quantitative estimate of drug-likeness (QED) is 0.0616. The first-order valence-corrected chi connectivity index (χ1v) is 29.1. The average molecular weight is 861 g/mol. The van der Waals surface area contributed by atoms with Crippen molar-refractivity contribution < 1.29 is 16.6 Å². The van der Waals surface area contributed by atoms with Gasteiger partial charge in [-0.1, -0.05) is 0 Å². The minimum atomic E-state index is -4.23. The van der Waals surface area contributed by atoms with Crippen molar-refractivity contribution in [3.8, 4) is 0 Å². The van der Waals surface area contributed by atoms with E-state index in [-0.39, 0.29) is 14.9 Å². The molecule has 0 amide bonds. The molecule has 0 aliphatic rings. The summed E-state index contributed by atoms with van der Waals surface area (Å²) in [6.07, 6.45) is 18.1. The Balaban J connectivity index is 2.78. The van der Waals surface area contributed by atoms with E-state index in [2.05, 4.69) is 184 Å². The van der Waals surface area contributed by atoms with Gasteiger partial charge >= 0.3 is 385 Å². The van der Waals surface area contributed by atoms with Gasteiger partial charge in [-0.2, -0.15) is 0 Å². The second-order valence-corrected chi connectivity index (χ2v) is 26.8. The van der Waals surface area contributed by atoms with Gasteiger partial charge < -0.3 is 0 Å². The molecule has 1 heteroatoms. The second kappa shape index (κ2) is 22.0. The molecule has 0 radical (unpaired) electrons. The molecule has 0 unspecified atom stereocenters. The first kappa shape index (κ1) is 51.2. The summed E-state index contributed by atoms with van der Waals surface area (Å²) >= 11 is -4.23. The van der Waals surface area contributed by atoms with E-state index < -0.39 is 16.6 Å². The first-order valence-electron chi connectivity index (χ1n) is 25.9. The molecule has 0 nitrogen and oxygen atoms in total. The fourth-order valence-electron chi connectivity index (χ4n) is 15.5. The molecule has 0 heterocycles. The Kier molecular flexibility index (Phi) is 18.5. The van der Waals surface area contributed by atoms with Crippen LogP contribution >= 0.6 is 0 Å². The summed E-state index contributed by atoms with van der Waals surface area (Å²) in [4.78, 5) is 0. The summed E-state index contributed by atoms with van der Waals surface area (Å²) < 4.78 is -0.0783. The van der Waals surface area contributed by atoms with Crippen LogP contribution in [0.1, 0.15) is 229 Å². The van der Waals surface area contributed by atoms with Crippen molar-refractivity contribution in [2.75, 3.05) is 0 Å². The van der Waals surface area contributed by atoms with Crippen LogP contribution in [0.5, 0.6) is 0 Å². The first-order chi connectivity index (χ1) is 29.5. The van der Waals surface area contributed by atoms with Gasteiger partial charge in [0.05, 0.1) is 0 Å². The molecule has 4 aromatic carbocycles. The Morgan fingerprint density at radius 1 is 0.262 bits per heavy atom.